The van der Waals surface area contributed by atoms with Crippen molar-refractivity contribution in [2.45, 2.75) is 121 Å². The minimum Gasteiger partial charge on any atom is -0.481 e. The first-order valence-electron chi connectivity index (χ1n) is 27.0. The third-order valence-corrected chi connectivity index (χ3v) is 13.9. The molecule has 7 rings (SSSR count). The molecule has 0 saturated carbocycles. The second-order valence-corrected chi connectivity index (χ2v) is 21.2. The lowest BCUT2D eigenvalue weighted by atomic mass is 9.98. The summed E-state index contributed by atoms with van der Waals surface area (Å²) in [7, 11) is 0. The number of carbonyl (C=O) groups is 9. The lowest BCUT2D eigenvalue weighted by molar-refractivity contribution is -0.141. The number of nitrogens with two attached hydrogens (primary N) is 2. The highest BCUT2D eigenvalue weighted by Crippen LogP contribution is 2.23. The Hall–Kier alpha value is -9.22. The molecule has 1 saturated heterocycles. The SMILES string of the molecule is CC(C)C[C@H]1NC(=O)[C@H](Cc2c[nH]c3ccccc23)NC(=O)[C@@H](CC(C)C)NC(=O)[C@H](Cc2c[nH]c3ccccc23)NC(=O)[C@@H](CC(=O)O)NC(=O)CNC(=O)[C@@H](CCCN=C(N)N)NC(=O)[C@H](Cc2c[nH]c3ccccc23)NC1=O. The minimum atomic E-state index is -1.79. The molecule has 0 radical (unpaired) electrons. The monoisotopic (exact) mass is 1110 g/mol. The molecule has 6 aromatic rings. The van der Waals surface area contributed by atoms with Gasteiger partial charge < -0.3 is 74.1 Å². The van der Waals surface area contributed by atoms with Gasteiger partial charge in [0.1, 0.15) is 42.3 Å². The van der Waals surface area contributed by atoms with Crippen LogP contribution < -0.4 is 54.0 Å². The van der Waals surface area contributed by atoms with Gasteiger partial charge in [0.25, 0.3) is 0 Å². The Morgan fingerprint density at radius 2 is 0.864 bits per heavy atom. The third-order valence-electron chi connectivity index (χ3n) is 13.9. The van der Waals surface area contributed by atoms with Crippen molar-refractivity contribution in [3.05, 3.63) is 108 Å². The van der Waals surface area contributed by atoms with E-state index in [1.54, 1.807) is 36.8 Å². The topological polar surface area (TPSA) is 382 Å². The van der Waals surface area contributed by atoms with E-state index in [-0.39, 0.29) is 69.3 Å². The molecule has 24 heteroatoms. The first-order chi connectivity index (χ1) is 38.7. The summed E-state index contributed by atoms with van der Waals surface area (Å²) in [5, 5.41) is 33.7. The normalized spacial score (nSPS) is 21.5. The van der Waals surface area contributed by atoms with E-state index in [0.29, 0.717) is 27.6 Å². The van der Waals surface area contributed by atoms with Gasteiger partial charge in [-0.3, -0.25) is 48.1 Å². The molecule has 1 aliphatic heterocycles. The number of aliphatic carboxylic acids is 1. The van der Waals surface area contributed by atoms with E-state index in [1.165, 1.54) is 0 Å². The summed E-state index contributed by atoms with van der Waals surface area (Å²) in [5.74, 6) is -9.01. The first kappa shape index (κ1) is 59.4. The van der Waals surface area contributed by atoms with E-state index in [2.05, 4.69) is 62.5 Å². The number of aromatic nitrogens is 3. The molecule has 0 bridgehead atoms. The van der Waals surface area contributed by atoms with Gasteiger partial charge in [-0.25, -0.2) is 0 Å². The minimum absolute atomic E-state index is 0.0417. The Bertz CT molecular complexity index is 3280. The molecule has 3 aromatic carbocycles. The molecule has 1 aliphatic rings. The fourth-order valence-corrected chi connectivity index (χ4v) is 9.92. The smallest absolute Gasteiger partial charge is 0.305 e. The number of nitrogens with one attached hydrogen (secondary N) is 11. The van der Waals surface area contributed by atoms with Crippen molar-refractivity contribution in [3.8, 4) is 0 Å². The molecule has 7 atom stereocenters. The fraction of sp³-hybridized carbons (Fsp3) is 0.404. The Balaban J connectivity index is 1.30. The Kier molecular flexibility index (Phi) is 20.2. The Morgan fingerprint density at radius 3 is 1.25 bits per heavy atom. The number of para-hydroxylation sites is 3. The number of nitrogens with zero attached hydrogens (tertiary/aromatic N) is 1. The average molecular weight is 1110 g/mol. The molecular formula is C57H72N14O10. The molecule has 1 fully saturated rings. The molecule has 0 unspecified atom stereocenters. The van der Waals surface area contributed by atoms with Gasteiger partial charge in [-0.2, -0.15) is 0 Å². The van der Waals surface area contributed by atoms with Gasteiger partial charge in [0.2, 0.25) is 47.3 Å². The highest BCUT2D eigenvalue weighted by molar-refractivity contribution is 6.00. The quantitative estimate of drug-likeness (QED) is 0.0371. The summed E-state index contributed by atoms with van der Waals surface area (Å²) in [4.78, 5) is 142. The van der Waals surface area contributed by atoms with Crippen LogP contribution in [0.25, 0.3) is 32.7 Å². The number of benzene rings is 3. The van der Waals surface area contributed by atoms with Crippen molar-refractivity contribution in [2.24, 2.45) is 28.3 Å². The first-order valence-corrected chi connectivity index (χ1v) is 27.0. The number of aliphatic imine (C=N–C) groups is 1. The van der Waals surface area contributed by atoms with Crippen LogP contribution in [0.5, 0.6) is 0 Å². The van der Waals surface area contributed by atoms with Crippen molar-refractivity contribution in [1.29, 1.82) is 0 Å². The predicted octanol–water partition coefficient (Wildman–Crippen LogP) is 1.30. The molecule has 8 amide bonds. The second kappa shape index (κ2) is 27.6. The van der Waals surface area contributed by atoms with Crippen molar-refractivity contribution >= 4 is 91.9 Å². The number of fused-ring (bicyclic) bond motifs is 3. The number of hydrogen-bond acceptors (Lipinski definition) is 10. The Labute approximate surface area is 466 Å². The van der Waals surface area contributed by atoms with Crippen LogP contribution in [0.15, 0.2) is 96.4 Å². The summed E-state index contributed by atoms with van der Waals surface area (Å²) in [6.07, 6.45) is 3.92. The maximum Gasteiger partial charge on any atom is 0.305 e. The number of carboxylic acids is 1. The Morgan fingerprint density at radius 1 is 0.506 bits per heavy atom. The van der Waals surface area contributed by atoms with Gasteiger partial charge in [-0.15, -0.1) is 0 Å². The average Bonchev–Trinajstić information content (AvgIpc) is 4.37. The van der Waals surface area contributed by atoms with Gasteiger partial charge in [-0.05, 0) is 72.4 Å². The number of hydrogen-bond donors (Lipinski definition) is 14. The number of amides is 8. The predicted molar refractivity (Wildman–Crippen MR) is 304 cm³/mol. The number of carboxylic acid groups (broad SMARTS) is 1. The van der Waals surface area contributed by atoms with E-state index in [4.69, 9.17) is 11.5 Å². The molecule has 430 valence electrons. The lowest BCUT2D eigenvalue weighted by Crippen LogP contribution is -2.61. The zero-order valence-electron chi connectivity index (χ0n) is 45.7. The van der Waals surface area contributed by atoms with Gasteiger partial charge in [0.15, 0.2) is 5.96 Å². The second-order valence-electron chi connectivity index (χ2n) is 21.2. The van der Waals surface area contributed by atoms with Crippen LogP contribution in [-0.2, 0) is 62.4 Å². The third kappa shape index (κ3) is 16.4. The molecule has 0 aliphatic carbocycles. The van der Waals surface area contributed by atoms with Crippen LogP contribution in [-0.4, -0.2) is 135 Å². The number of aromatic amines is 3. The van der Waals surface area contributed by atoms with Gasteiger partial charge >= 0.3 is 5.97 Å². The molecule has 0 spiro atoms. The maximum absolute atomic E-state index is 15.0. The van der Waals surface area contributed by atoms with E-state index in [1.807, 2.05) is 82.3 Å². The molecule has 24 nitrogen and oxygen atoms in total. The number of guanidine groups is 1. The van der Waals surface area contributed by atoms with Gasteiger partial charge in [0, 0.05) is 77.1 Å². The van der Waals surface area contributed by atoms with E-state index in [9.17, 15) is 48.3 Å². The van der Waals surface area contributed by atoms with Crippen LogP contribution in [0.3, 0.4) is 0 Å². The summed E-state index contributed by atoms with van der Waals surface area (Å²) in [6, 6.07) is 11.8. The van der Waals surface area contributed by atoms with Crippen LogP contribution >= 0.6 is 0 Å². The molecule has 16 N–H and O–H groups in total. The number of H-pyrrole nitrogens is 3. The van der Waals surface area contributed by atoms with Crippen molar-refractivity contribution in [3.63, 3.8) is 0 Å². The van der Waals surface area contributed by atoms with Gasteiger partial charge in [-0.1, -0.05) is 82.3 Å². The van der Waals surface area contributed by atoms with E-state index < -0.39 is 108 Å². The highest BCUT2D eigenvalue weighted by atomic mass is 16.4. The number of carbonyl (C=O) groups excluding carboxylic acids is 8. The molecular weight excluding hydrogens is 1040 g/mol. The molecule has 81 heavy (non-hydrogen) atoms. The van der Waals surface area contributed by atoms with Crippen LogP contribution in [0.2, 0.25) is 0 Å². The van der Waals surface area contributed by atoms with Crippen molar-refractivity contribution < 1.29 is 48.3 Å². The summed E-state index contributed by atoms with van der Waals surface area (Å²) in [6.45, 7) is 6.58. The highest BCUT2D eigenvalue weighted by Gasteiger charge is 2.36. The summed E-state index contributed by atoms with van der Waals surface area (Å²) in [5.41, 5.74) is 15.2. The standard InChI is InChI=1S/C57H72N14O10/c1-30(2)20-42-51(76)69-44(22-32-26-61-38-15-8-5-12-35(32)38)53(78)66-41(18-11-19-60-57(58)59)50(75)64-29-48(72)65-47(25-49(73)74)56(81)71-46(24-34-28-63-40-17-10-7-14-37(34)40)55(80)68-43(21-31(3)4)52(77)70-45(54(79)67-42)23-33-27-62-39-16-9-6-13-36(33)39/h5-10,12-17,26-28,30-31,41-47,61-63H,11,18-25,29H2,1-4H3,(H,64,75)(H,65,72)(H,66,78)(H,67,79)(H,68,80)(H,69,76)(H,70,77)(H,71,81)(H,73,74)(H4,58,59,60)/t41-,42-,43-,44+,45+,46+,47-/m1/s1. The summed E-state index contributed by atoms with van der Waals surface area (Å²) >= 11 is 0. The molecule has 4 heterocycles. The zero-order valence-corrected chi connectivity index (χ0v) is 45.7. The largest absolute Gasteiger partial charge is 0.481 e. The van der Waals surface area contributed by atoms with Crippen LogP contribution in [0.1, 0.15) is 76.5 Å². The van der Waals surface area contributed by atoms with Crippen molar-refractivity contribution in [1.82, 2.24) is 57.5 Å². The van der Waals surface area contributed by atoms with E-state index in [0.717, 1.165) is 21.8 Å². The van der Waals surface area contributed by atoms with Gasteiger partial charge in [0.05, 0.1) is 13.0 Å². The van der Waals surface area contributed by atoms with Crippen molar-refractivity contribution in [2.75, 3.05) is 13.1 Å². The number of rotatable bonds is 16. The maximum atomic E-state index is 15.0. The fourth-order valence-electron chi connectivity index (χ4n) is 9.92. The van der Waals surface area contributed by atoms with E-state index >= 15 is 0 Å². The summed E-state index contributed by atoms with van der Waals surface area (Å²) < 4.78 is 0. The lowest BCUT2D eigenvalue weighted by Gasteiger charge is -2.29. The molecule has 3 aromatic heterocycles. The zero-order chi connectivity index (χ0) is 58.3. The van der Waals surface area contributed by atoms with Crippen LogP contribution in [0.4, 0.5) is 0 Å². The van der Waals surface area contributed by atoms with Crippen LogP contribution in [0, 0.1) is 11.8 Å².